The van der Waals surface area contributed by atoms with Crippen LogP contribution in [0.3, 0.4) is 0 Å². The van der Waals surface area contributed by atoms with Gasteiger partial charge in [0.05, 0.1) is 0 Å². The van der Waals surface area contributed by atoms with Crippen LogP contribution < -0.4 is 15.4 Å². The van der Waals surface area contributed by atoms with Crippen molar-refractivity contribution in [2.45, 2.75) is 13.5 Å². The number of hydrogen-bond donors (Lipinski definition) is 2. The Kier molecular flexibility index (Phi) is 5.15. The molecule has 0 radical (unpaired) electrons. The van der Waals surface area contributed by atoms with Gasteiger partial charge in [0.15, 0.2) is 0 Å². The van der Waals surface area contributed by atoms with Gasteiger partial charge in [-0.3, -0.25) is 5.32 Å². The number of hydrogen-bond acceptors (Lipinski definition) is 3. The quantitative estimate of drug-likeness (QED) is 0.875. The molecule has 4 heteroatoms. The summed E-state index contributed by atoms with van der Waals surface area (Å²) in [4.78, 5) is 11.9. The Morgan fingerprint density at radius 1 is 1.05 bits per heavy atom. The predicted molar refractivity (Wildman–Crippen MR) is 79.9 cm³/mol. The van der Waals surface area contributed by atoms with E-state index in [1.807, 2.05) is 49.4 Å². The number of anilines is 1. The predicted octanol–water partition coefficient (Wildman–Crippen LogP) is 3.41. The molecule has 0 spiro atoms. The second kappa shape index (κ2) is 7.31. The van der Waals surface area contributed by atoms with Crippen LogP contribution in [0.25, 0.3) is 0 Å². The van der Waals surface area contributed by atoms with Gasteiger partial charge in [0.25, 0.3) is 0 Å². The second-order valence-corrected chi connectivity index (χ2v) is 4.27. The molecule has 0 unspecified atom stereocenters. The highest BCUT2D eigenvalue weighted by molar-refractivity contribution is 5.87. The molecule has 104 valence electrons. The monoisotopic (exact) mass is 270 g/mol. The van der Waals surface area contributed by atoms with Crippen molar-refractivity contribution >= 4 is 11.8 Å². The first-order valence-corrected chi connectivity index (χ1v) is 6.62. The third-order valence-electron chi connectivity index (χ3n) is 2.77. The highest BCUT2D eigenvalue weighted by Crippen LogP contribution is 2.16. The molecule has 1 amide bonds. The zero-order valence-electron chi connectivity index (χ0n) is 11.4. The maximum absolute atomic E-state index is 11.9. The molecule has 2 rings (SSSR count). The number of nitrogens with one attached hydrogen (secondary N) is 2. The van der Waals surface area contributed by atoms with Gasteiger partial charge in [0.1, 0.15) is 5.75 Å². The van der Waals surface area contributed by atoms with E-state index in [1.54, 1.807) is 12.1 Å². The molecule has 0 bridgehead atoms. The van der Waals surface area contributed by atoms with Crippen molar-refractivity contribution in [2.75, 3.05) is 11.9 Å². The van der Waals surface area contributed by atoms with Crippen LogP contribution in [0, 0.1) is 0 Å². The van der Waals surface area contributed by atoms with Gasteiger partial charge in [-0.15, -0.1) is 0 Å². The molecular weight excluding hydrogens is 252 g/mol. The molecule has 0 saturated heterocycles. The Bertz CT molecular complexity index is 555. The van der Waals surface area contributed by atoms with Crippen LogP contribution in [0.5, 0.6) is 5.75 Å². The summed E-state index contributed by atoms with van der Waals surface area (Å²) in [5, 5.41) is 6.00. The van der Waals surface area contributed by atoms with Crippen molar-refractivity contribution in [2.24, 2.45) is 0 Å². The van der Waals surface area contributed by atoms with Gasteiger partial charge >= 0.3 is 6.09 Å². The Morgan fingerprint density at radius 2 is 1.75 bits per heavy atom. The number of carbonyl (C=O) groups is 1. The molecular formula is C16H18N2O2. The normalized spacial score (nSPS) is 10.1. The minimum absolute atomic E-state index is 0.486. The first-order valence-electron chi connectivity index (χ1n) is 6.62. The topological polar surface area (TPSA) is 50.4 Å². The van der Waals surface area contributed by atoms with Gasteiger partial charge in [0, 0.05) is 12.2 Å². The fourth-order valence-corrected chi connectivity index (χ4v) is 1.79. The number of benzene rings is 2. The lowest BCUT2D eigenvalue weighted by Crippen LogP contribution is -2.19. The largest absolute Gasteiger partial charge is 0.417 e. The third-order valence-corrected chi connectivity index (χ3v) is 2.77. The third kappa shape index (κ3) is 4.10. The Balaban J connectivity index is 2.00. The molecule has 0 saturated carbocycles. The van der Waals surface area contributed by atoms with Crippen molar-refractivity contribution in [3.05, 3.63) is 60.2 Å². The highest BCUT2D eigenvalue weighted by Gasteiger charge is 2.07. The van der Waals surface area contributed by atoms with Gasteiger partial charge < -0.3 is 10.1 Å². The van der Waals surface area contributed by atoms with E-state index in [0.717, 1.165) is 17.8 Å². The van der Waals surface area contributed by atoms with E-state index in [4.69, 9.17) is 4.74 Å². The second-order valence-electron chi connectivity index (χ2n) is 4.27. The summed E-state index contributed by atoms with van der Waals surface area (Å²) in [6.45, 7) is 3.63. The van der Waals surface area contributed by atoms with Gasteiger partial charge in [-0.2, -0.15) is 0 Å². The smallest absolute Gasteiger partial charge is 0.410 e. The van der Waals surface area contributed by atoms with Crippen LogP contribution in [0.2, 0.25) is 0 Å². The summed E-state index contributed by atoms with van der Waals surface area (Å²) < 4.78 is 5.21. The molecule has 2 N–H and O–H groups in total. The first-order chi connectivity index (χ1) is 9.79. The summed E-state index contributed by atoms with van der Waals surface area (Å²) in [5.74, 6) is 0.522. The molecule has 2 aromatic rings. The van der Waals surface area contributed by atoms with E-state index in [2.05, 4.69) is 10.6 Å². The fraction of sp³-hybridized carbons (Fsp3) is 0.188. The number of carbonyl (C=O) groups excluding carboxylic acids is 1. The molecule has 0 fully saturated rings. The van der Waals surface area contributed by atoms with E-state index >= 15 is 0 Å². The summed E-state index contributed by atoms with van der Waals surface area (Å²) >= 11 is 0. The number of rotatable bonds is 5. The lowest BCUT2D eigenvalue weighted by Gasteiger charge is -2.11. The SMILES string of the molecule is CCNCc1ccccc1NC(=O)Oc1ccccc1. The lowest BCUT2D eigenvalue weighted by atomic mass is 10.2. The summed E-state index contributed by atoms with van der Waals surface area (Å²) in [6.07, 6.45) is -0.486. The van der Waals surface area contributed by atoms with Crippen molar-refractivity contribution < 1.29 is 9.53 Å². The summed E-state index contributed by atoms with van der Waals surface area (Å²) in [6, 6.07) is 16.7. The van der Waals surface area contributed by atoms with Crippen LogP contribution in [0.1, 0.15) is 12.5 Å². The fourth-order valence-electron chi connectivity index (χ4n) is 1.79. The Labute approximate surface area is 118 Å². The van der Waals surface area contributed by atoms with Gasteiger partial charge in [0.2, 0.25) is 0 Å². The minimum Gasteiger partial charge on any atom is -0.410 e. The number of amides is 1. The van der Waals surface area contributed by atoms with E-state index in [1.165, 1.54) is 0 Å². The molecule has 0 heterocycles. The zero-order chi connectivity index (χ0) is 14.2. The molecule has 4 nitrogen and oxygen atoms in total. The van der Waals surface area contributed by atoms with Gasteiger partial charge in [-0.1, -0.05) is 43.3 Å². The van der Waals surface area contributed by atoms with Crippen LogP contribution >= 0.6 is 0 Å². The van der Waals surface area contributed by atoms with Crippen LogP contribution in [0.4, 0.5) is 10.5 Å². The maximum atomic E-state index is 11.9. The van der Waals surface area contributed by atoms with Crippen LogP contribution in [-0.2, 0) is 6.54 Å². The van der Waals surface area contributed by atoms with E-state index in [9.17, 15) is 4.79 Å². The molecule has 0 aromatic heterocycles. The molecule has 0 aliphatic carbocycles. The highest BCUT2D eigenvalue weighted by atomic mass is 16.6. The average Bonchev–Trinajstić information content (AvgIpc) is 2.47. The van der Waals surface area contributed by atoms with Crippen molar-refractivity contribution in [1.82, 2.24) is 5.32 Å². The summed E-state index contributed by atoms with van der Waals surface area (Å²) in [7, 11) is 0. The first kappa shape index (κ1) is 14.1. The minimum atomic E-state index is -0.486. The van der Waals surface area contributed by atoms with Crippen LogP contribution in [-0.4, -0.2) is 12.6 Å². The number of ether oxygens (including phenoxy) is 1. The van der Waals surface area contributed by atoms with Gasteiger partial charge in [-0.05, 0) is 30.3 Å². The zero-order valence-corrected chi connectivity index (χ0v) is 11.4. The van der Waals surface area contributed by atoms with Crippen molar-refractivity contribution in [1.29, 1.82) is 0 Å². The van der Waals surface area contributed by atoms with E-state index < -0.39 is 6.09 Å². The summed E-state index contributed by atoms with van der Waals surface area (Å²) in [5.41, 5.74) is 1.79. The molecule has 2 aromatic carbocycles. The Hall–Kier alpha value is -2.33. The van der Waals surface area contributed by atoms with Crippen molar-refractivity contribution in [3.63, 3.8) is 0 Å². The van der Waals surface area contributed by atoms with E-state index in [-0.39, 0.29) is 0 Å². The van der Waals surface area contributed by atoms with Crippen LogP contribution in [0.15, 0.2) is 54.6 Å². The molecule has 0 aliphatic rings. The van der Waals surface area contributed by atoms with Crippen molar-refractivity contribution in [3.8, 4) is 5.75 Å². The van der Waals surface area contributed by atoms with E-state index in [0.29, 0.717) is 12.3 Å². The molecule has 20 heavy (non-hydrogen) atoms. The number of para-hydroxylation sites is 2. The molecule has 0 atom stereocenters. The Morgan fingerprint density at radius 3 is 2.50 bits per heavy atom. The van der Waals surface area contributed by atoms with Gasteiger partial charge in [-0.25, -0.2) is 4.79 Å². The standard InChI is InChI=1S/C16H18N2O2/c1-2-17-12-13-8-6-7-11-15(13)18-16(19)20-14-9-4-3-5-10-14/h3-11,17H,2,12H2,1H3,(H,18,19). The average molecular weight is 270 g/mol. The maximum Gasteiger partial charge on any atom is 0.417 e. The lowest BCUT2D eigenvalue weighted by molar-refractivity contribution is 0.215. The molecule has 0 aliphatic heterocycles.